The van der Waals surface area contributed by atoms with Gasteiger partial charge in [0, 0.05) is 18.0 Å². The Morgan fingerprint density at radius 3 is 2.38 bits per heavy atom. The second-order valence-corrected chi connectivity index (χ2v) is 7.88. The molecule has 0 unspecified atom stereocenters. The minimum Gasteiger partial charge on any atom is -0.505 e. The fourth-order valence-electron chi connectivity index (χ4n) is 2.20. The summed E-state index contributed by atoms with van der Waals surface area (Å²) in [6.07, 6.45) is 0. The number of benzene rings is 2. The molecule has 1 amide bonds. The molecule has 26 heavy (non-hydrogen) atoms. The molecule has 3 N–H and O–H groups in total. The monoisotopic (exact) mass is 418 g/mol. The van der Waals surface area contributed by atoms with Crippen LogP contribution in [0.2, 0.25) is 10.0 Å². The third-order valence-electron chi connectivity index (χ3n) is 3.36. The quantitative estimate of drug-likeness (QED) is 0.640. The first-order chi connectivity index (χ1) is 12.0. The van der Waals surface area contributed by atoms with Gasteiger partial charge in [-0.15, -0.1) is 0 Å². The number of aromatic hydroxyl groups is 1. The average Bonchev–Trinajstić information content (AvgIpc) is 2.53. The van der Waals surface area contributed by atoms with Crippen molar-refractivity contribution in [2.24, 2.45) is 0 Å². The summed E-state index contributed by atoms with van der Waals surface area (Å²) in [5.74, 6) is -0.663. The van der Waals surface area contributed by atoms with E-state index in [0.717, 1.165) is 6.07 Å². The van der Waals surface area contributed by atoms with Gasteiger partial charge in [-0.1, -0.05) is 23.2 Å². The molecule has 0 aliphatic rings. The number of halogens is 2. The van der Waals surface area contributed by atoms with Crippen LogP contribution in [0.25, 0.3) is 0 Å². The van der Waals surface area contributed by atoms with Crippen molar-refractivity contribution >= 4 is 50.5 Å². The van der Waals surface area contributed by atoms with Crippen molar-refractivity contribution in [3.63, 3.8) is 0 Å². The van der Waals surface area contributed by atoms with E-state index in [1.54, 1.807) is 6.92 Å². The Labute approximate surface area is 160 Å². The van der Waals surface area contributed by atoms with Gasteiger partial charge in [0.05, 0.1) is 23.5 Å². The topological polar surface area (TPSA) is 105 Å². The van der Waals surface area contributed by atoms with Crippen molar-refractivity contribution in [3.8, 4) is 11.5 Å². The van der Waals surface area contributed by atoms with Gasteiger partial charge in [-0.05, 0) is 30.7 Å². The highest BCUT2D eigenvalue weighted by molar-refractivity contribution is 7.92. The number of phenolic OH excluding ortho intramolecular Hbond substituents is 1. The number of methoxy groups -OCH3 is 1. The summed E-state index contributed by atoms with van der Waals surface area (Å²) in [5, 5.41) is 12.8. The van der Waals surface area contributed by atoms with Gasteiger partial charge in [0.2, 0.25) is 5.91 Å². The SMILES string of the molecule is COc1cc(NC(C)=O)c(Cl)cc1S(=O)(=O)Nc1cc(Cl)cc(C)c1O. The van der Waals surface area contributed by atoms with Crippen molar-refractivity contribution in [2.45, 2.75) is 18.7 Å². The van der Waals surface area contributed by atoms with Crippen molar-refractivity contribution in [1.29, 1.82) is 0 Å². The molecule has 0 bridgehead atoms. The van der Waals surface area contributed by atoms with Crippen LogP contribution in [0.1, 0.15) is 12.5 Å². The van der Waals surface area contributed by atoms with E-state index in [9.17, 15) is 18.3 Å². The van der Waals surface area contributed by atoms with Crippen LogP contribution in [0.15, 0.2) is 29.2 Å². The van der Waals surface area contributed by atoms with E-state index in [4.69, 9.17) is 27.9 Å². The Balaban J connectivity index is 2.52. The summed E-state index contributed by atoms with van der Waals surface area (Å²) in [6.45, 7) is 2.87. The molecule has 0 atom stereocenters. The molecule has 0 saturated heterocycles. The maximum atomic E-state index is 12.8. The lowest BCUT2D eigenvalue weighted by molar-refractivity contribution is -0.114. The van der Waals surface area contributed by atoms with Crippen LogP contribution in [0, 0.1) is 6.92 Å². The zero-order chi connectivity index (χ0) is 19.6. The second-order valence-electron chi connectivity index (χ2n) is 5.39. The van der Waals surface area contributed by atoms with Crippen LogP contribution in [0.5, 0.6) is 11.5 Å². The molecule has 0 aromatic heterocycles. The van der Waals surface area contributed by atoms with Crippen molar-refractivity contribution in [1.82, 2.24) is 0 Å². The molecule has 10 heteroatoms. The molecule has 2 rings (SSSR count). The van der Waals surface area contributed by atoms with Gasteiger partial charge in [0.15, 0.2) is 0 Å². The average molecular weight is 419 g/mol. The lowest BCUT2D eigenvalue weighted by Crippen LogP contribution is -2.15. The summed E-state index contributed by atoms with van der Waals surface area (Å²) in [6, 6.07) is 5.21. The van der Waals surface area contributed by atoms with Crippen molar-refractivity contribution in [2.75, 3.05) is 17.1 Å². The molecular formula is C16H16Cl2N2O5S. The van der Waals surface area contributed by atoms with Gasteiger partial charge in [-0.3, -0.25) is 9.52 Å². The van der Waals surface area contributed by atoms with Crippen LogP contribution in [0.4, 0.5) is 11.4 Å². The molecule has 0 spiro atoms. The molecule has 0 fully saturated rings. The Morgan fingerprint density at radius 1 is 1.15 bits per heavy atom. The highest BCUT2D eigenvalue weighted by Crippen LogP contribution is 2.37. The van der Waals surface area contributed by atoms with E-state index in [2.05, 4.69) is 10.0 Å². The number of rotatable bonds is 5. The number of carbonyl (C=O) groups is 1. The number of amides is 1. The molecule has 0 saturated carbocycles. The first kappa shape index (κ1) is 20.2. The molecule has 0 heterocycles. The lowest BCUT2D eigenvalue weighted by atomic mass is 10.2. The fourth-order valence-corrected chi connectivity index (χ4v) is 3.99. The largest absolute Gasteiger partial charge is 0.505 e. The second kappa shape index (κ2) is 7.61. The smallest absolute Gasteiger partial charge is 0.265 e. The Hall–Kier alpha value is -2.16. The molecule has 0 aliphatic carbocycles. The minimum atomic E-state index is -4.17. The third-order valence-corrected chi connectivity index (χ3v) is 5.28. The molecule has 2 aromatic carbocycles. The summed E-state index contributed by atoms with van der Waals surface area (Å²) in [7, 11) is -2.89. The number of hydrogen-bond acceptors (Lipinski definition) is 5. The van der Waals surface area contributed by atoms with Crippen LogP contribution in [-0.4, -0.2) is 26.5 Å². The number of anilines is 2. The summed E-state index contributed by atoms with van der Waals surface area (Å²) in [4.78, 5) is 10.9. The minimum absolute atomic E-state index is 0.00729. The lowest BCUT2D eigenvalue weighted by Gasteiger charge is -2.16. The van der Waals surface area contributed by atoms with Gasteiger partial charge in [-0.2, -0.15) is 0 Å². The first-order valence-corrected chi connectivity index (χ1v) is 9.46. The number of sulfonamides is 1. The molecule has 2 aromatic rings. The van der Waals surface area contributed by atoms with Crippen LogP contribution in [-0.2, 0) is 14.8 Å². The number of aryl methyl sites for hydroxylation is 1. The van der Waals surface area contributed by atoms with E-state index in [1.165, 1.54) is 32.2 Å². The normalized spacial score (nSPS) is 11.1. The highest BCUT2D eigenvalue weighted by atomic mass is 35.5. The fraction of sp³-hybridized carbons (Fsp3) is 0.188. The van der Waals surface area contributed by atoms with Gasteiger partial charge in [-0.25, -0.2) is 8.42 Å². The molecular weight excluding hydrogens is 403 g/mol. The maximum absolute atomic E-state index is 12.8. The summed E-state index contributed by atoms with van der Waals surface area (Å²) in [5.41, 5.74) is 0.525. The van der Waals surface area contributed by atoms with Gasteiger partial charge in [0.1, 0.15) is 16.4 Å². The number of nitrogens with one attached hydrogen (secondary N) is 2. The van der Waals surface area contributed by atoms with E-state index in [0.29, 0.717) is 5.56 Å². The summed E-state index contributed by atoms with van der Waals surface area (Å²) >= 11 is 12.0. The number of ether oxygens (including phenoxy) is 1. The first-order valence-electron chi connectivity index (χ1n) is 7.22. The van der Waals surface area contributed by atoms with Crippen molar-refractivity contribution in [3.05, 3.63) is 39.9 Å². The van der Waals surface area contributed by atoms with Crippen LogP contribution >= 0.6 is 23.2 Å². The van der Waals surface area contributed by atoms with Gasteiger partial charge < -0.3 is 15.2 Å². The van der Waals surface area contributed by atoms with Crippen LogP contribution < -0.4 is 14.8 Å². The Kier molecular flexibility index (Phi) is 5.90. The zero-order valence-electron chi connectivity index (χ0n) is 14.1. The molecule has 0 radical (unpaired) electrons. The Morgan fingerprint density at radius 2 is 1.81 bits per heavy atom. The van der Waals surface area contributed by atoms with E-state index >= 15 is 0 Å². The van der Waals surface area contributed by atoms with E-state index in [-0.39, 0.29) is 43.7 Å². The van der Waals surface area contributed by atoms with Crippen molar-refractivity contribution < 1.29 is 23.1 Å². The predicted octanol–water partition coefficient (Wildman–Crippen LogP) is 3.78. The van der Waals surface area contributed by atoms with Gasteiger partial charge in [0.25, 0.3) is 10.0 Å². The van der Waals surface area contributed by atoms with Gasteiger partial charge >= 0.3 is 0 Å². The zero-order valence-corrected chi connectivity index (χ0v) is 16.4. The number of hydrogen-bond donors (Lipinski definition) is 3. The predicted molar refractivity (Wildman–Crippen MR) is 101 cm³/mol. The number of phenols is 1. The molecule has 0 aliphatic heterocycles. The standard InChI is InChI=1S/C16H16Cl2N2O5S/c1-8-4-10(17)5-13(16(8)22)20-26(23,24)15-6-11(18)12(19-9(2)21)7-14(15)25-3/h4-7,20,22H,1-3H3,(H,19,21). The Bertz CT molecular complexity index is 977. The highest BCUT2D eigenvalue weighted by Gasteiger charge is 2.24. The third kappa shape index (κ3) is 4.32. The van der Waals surface area contributed by atoms with E-state index in [1.807, 2.05) is 0 Å². The summed E-state index contributed by atoms with van der Waals surface area (Å²) < 4.78 is 32.9. The maximum Gasteiger partial charge on any atom is 0.265 e. The van der Waals surface area contributed by atoms with Crippen LogP contribution in [0.3, 0.4) is 0 Å². The van der Waals surface area contributed by atoms with E-state index < -0.39 is 10.0 Å². The molecule has 7 nitrogen and oxygen atoms in total. The number of carbonyl (C=O) groups excluding carboxylic acids is 1. The molecule has 140 valence electrons.